The van der Waals surface area contributed by atoms with Crippen LogP contribution in [0.4, 0.5) is 0 Å². The molecular formula is C21H28N4O. The Morgan fingerprint density at radius 2 is 1.96 bits per heavy atom. The quantitative estimate of drug-likeness (QED) is 0.613. The molecule has 5 nitrogen and oxygen atoms in total. The van der Waals surface area contributed by atoms with Crippen molar-refractivity contribution in [3.05, 3.63) is 59.8 Å². The molecule has 26 heavy (non-hydrogen) atoms. The zero-order chi connectivity index (χ0) is 18.2. The molecule has 0 spiro atoms. The van der Waals surface area contributed by atoms with Crippen LogP contribution in [0.5, 0.6) is 5.88 Å². The Morgan fingerprint density at radius 3 is 2.69 bits per heavy atom. The topological polar surface area (TPSA) is 58.5 Å². The number of nitrogens with one attached hydrogen (secondary N) is 2. The van der Waals surface area contributed by atoms with Gasteiger partial charge in [0.05, 0.1) is 6.04 Å². The third kappa shape index (κ3) is 4.97. The third-order valence-corrected chi connectivity index (χ3v) is 4.75. The van der Waals surface area contributed by atoms with Gasteiger partial charge in [0.1, 0.15) is 6.10 Å². The van der Waals surface area contributed by atoms with E-state index < -0.39 is 0 Å². The number of benzene rings is 1. The van der Waals surface area contributed by atoms with Gasteiger partial charge in [-0.1, -0.05) is 36.4 Å². The van der Waals surface area contributed by atoms with E-state index in [1.807, 2.05) is 24.3 Å². The van der Waals surface area contributed by atoms with E-state index in [4.69, 9.17) is 4.74 Å². The molecule has 0 amide bonds. The summed E-state index contributed by atoms with van der Waals surface area (Å²) in [6.45, 7) is 2.75. The zero-order valence-electron chi connectivity index (χ0n) is 15.6. The number of hydrogen-bond acceptors (Lipinski definition) is 3. The molecule has 1 atom stereocenters. The largest absolute Gasteiger partial charge is 0.474 e. The highest BCUT2D eigenvalue weighted by Gasteiger charge is 2.18. The molecule has 0 aliphatic heterocycles. The molecule has 1 fully saturated rings. The van der Waals surface area contributed by atoms with E-state index in [-0.39, 0.29) is 6.04 Å². The second kappa shape index (κ2) is 9.22. The van der Waals surface area contributed by atoms with Gasteiger partial charge < -0.3 is 15.4 Å². The molecule has 1 aromatic carbocycles. The van der Waals surface area contributed by atoms with Crippen LogP contribution in [0, 0.1) is 0 Å². The van der Waals surface area contributed by atoms with Crippen LogP contribution in [0.1, 0.15) is 49.8 Å². The average Bonchev–Trinajstić information content (AvgIpc) is 3.20. The number of aromatic nitrogens is 1. The van der Waals surface area contributed by atoms with Gasteiger partial charge in [-0.3, -0.25) is 4.99 Å². The maximum Gasteiger partial charge on any atom is 0.218 e. The van der Waals surface area contributed by atoms with Crippen molar-refractivity contribution in [1.29, 1.82) is 0 Å². The van der Waals surface area contributed by atoms with Crippen molar-refractivity contribution in [3.63, 3.8) is 0 Å². The molecule has 0 bridgehead atoms. The van der Waals surface area contributed by atoms with Crippen LogP contribution in [-0.2, 0) is 6.54 Å². The van der Waals surface area contributed by atoms with Crippen molar-refractivity contribution in [3.8, 4) is 5.88 Å². The van der Waals surface area contributed by atoms with Gasteiger partial charge in [0.2, 0.25) is 5.88 Å². The number of hydrogen-bond donors (Lipinski definition) is 2. The summed E-state index contributed by atoms with van der Waals surface area (Å²) in [4.78, 5) is 8.77. The van der Waals surface area contributed by atoms with Crippen LogP contribution >= 0.6 is 0 Å². The Kier molecular flexibility index (Phi) is 6.47. The Balaban J connectivity index is 1.58. The maximum atomic E-state index is 6.11. The highest BCUT2D eigenvalue weighted by Crippen LogP contribution is 2.24. The lowest BCUT2D eigenvalue weighted by atomic mass is 10.1. The van der Waals surface area contributed by atoms with E-state index in [2.05, 4.69) is 45.7 Å². The van der Waals surface area contributed by atoms with Crippen LogP contribution in [0.2, 0.25) is 0 Å². The molecule has 3 rings (SSSR count). The summed E-state index contributed by atoms with van der Waals surface area (Å²) in [5.74, 6) is 1.50. The number of nitrogens with zero attached hydrogens (tertiary/aromatic N) is 2. The lowest BCUT2D eigenvalue weighted by Gasteiger charge is -2.19. The SMILES string of the molecule is CN=C(NCc1cccnc1OC1CCCC1)NC(C)c1ccccc1. The summed E-state index contributed by atoms with van der Waals surface area (Å²) in [5.41, 5.74) is 2.27. The molecule has 1 unspecified atom stereocenters. The van der Waals surface area contributed by atoms with Gasteiger partial charge in [-0.2, -0.15) is 0 Å². The van der Waals surface area contributed by atoms with Crippen LogP contribution < -0.4 is 15.4 Å². The van der Waals surface area contributed by atoms with Gasteiger partial charge in [-0.25, -0.2) is 4.98 Å². The summed E-state index contributed by atoms with van der Waals surface area (Å²) in [6, 6.07) is 14.5. The van der Waals surface area contributed by atoms with Crippen molar-refractivity contribution in [2.24, 2.45) is 4.99 Å². The fourth-order valence-electron chi connectivity index (χ4n) is 3.23. The van der Waals surface area contributed by atoms with E-state index in [9.17, 15) is 0 Å². The number of ether oxygens (including phenoxy) is 1. The van der Waals surface area contributed by atoms with E-state index in [0.29, 0.717) is 12.6 Å². The van der Waals surface area contributed by atoms with Crippen LogP contribution in [0.3, 0.4) is 0 Å². The standard InChI is InChI=1S/C21H28N4O/c1-16(17-9-4-3-5-10-17)25-21(22-2)24-15-18-11-8-14-23-20(18)26-19-12-6-7-13-19/h3-5,8-11,14,16,19H,6-7,12-13,15H2,1-2H3,(H2,22,24,25). The van der Waals surface area contributed by atoms with Gasteiger partial charge in [0, 0.05) is 25.4 Å². The Labute approximate surface area is 155 Å². The van der Waals surface area contributed by atoms with Crippen molar-refractivity contribution in [2.75, 3.05) is 7.05 Å². The van der Waals surface area contributed by atoms with E-state index in [1.54, 1.807) is 13.2 Å². The first-order chi connectivity index (χ1) is 12.8. The molecule has 1 aromatic heterocycles. The summed E-state index contributed by atoms with van der Waals surface area (Å²) in [6.07, 6.45) is 6.85. The predicted octanol–water partition coefficient (Wildman–Crippen LogP) is 3.83. The molecule has 1 aliphatic rings. The van der Waals surface area contributed by atoms with Crippen molar-refractivity contribution < 1.29 is 4.74 Å². The molecule has 2 N–H and O–H groups in total. The Morgan fingerprint density at radius 1 is 1.19 bits per heavy atom. The Bertz CT molecular complexity index is 711. The average molecular weight is 352 g/mol. The predicted molar refractivity (Wildman–Crippen MR) is 105 cm³/mol. The monoisotopic (exact) mass is 352 g/mol. The minimum atomic E-state index is 0.172. The van der Waals surface area contributed by atoms with E-state index in [1.165, 1.54) is 18.4 Å². The number of rotatable bonds is 6. The van der Waals surface area contributed by atoms with Gasteiger partial charge in [-0.15, -0.1) is 0 Å². The van der Waals surface area contributed by atoms with Gasteiger partial charge in [-0.05, 0) is 44.2 Å². The first-order valence-electron chi connectivity index (χ1n) is 9.39. The first kappa shape index (κ1) is 18.2. The molecule has 1 saturated carbocycles. The van der Waals surface area contributed by atoms with Crippen molar-refractivity contribution in [1.82, 2.24) is 15.6 Å². The fourth-order valence-corrected chi connectivity index (χ4v) is 3.23. The van der Waals surface area contributed by atoms with Gasteiger partial charge in [0.15, 0.2) is 5.96 Å². The molecule has 5 heteroatoms. The number of guanidine groups is 1. The highest BCUT2D eigenvalue weighted by molar-refractivity contribution is 5.80. The molecular weight excluding hydrogens is 324 g/mol. The van der Waals surface area contributed by atoms with Gasteiger partial charge >= 0.3 is 0 Å². The second-order valence-corrected chi connectivity index (χ2v) is 6.69. The molecule has 1 aliphatic carbocycles. The second-order valence-electron chi connectivity index (χ2n) is 6.69. The number of aliphatic imine (C=N–C) groups is 1. The lowest BCUT2D eigenvalue weighted by Crippen LogP contribution is -2.38. The lowest BCUT2D eigenvalue weighted by molar-refractivity contribution is 0.199. The van der Waals surface area contributed by atoms with E-state index in [0.717, 1.165) is 30.2 Å². The van der Waals surface area contributed by atoms with Crippen LogP contribution in [0.25, 0.3) is 0 Å². The maximum absolute atomic E-state index is 6.11. The summed E-state index contributed by atoms with van der Waals surface area (Å²) in [7, 11) is 1.78. The third-order valence-electron chi connectivity index (χ3n) is 4.75. The van der Waals surface area contributed by atoms with Crippen molar-refractivity contribution in [2.45, 2.75) is 51.3 Å². The molecule has 0 saturated heterocycles. The summed E-state index contributed by atoms with van der Waals surface area (Å²) in [5, 5.41) is 6.79. The summed E-state index contributed by atoms with van der Waals surface area (Å²) >= 11 is 0. The minimum Gasteiger partial charge on any atom is -0.474 e. The molecule has 2 aromatic rings. The molecule has 138 valence electrons. The van der Waals surface area contributed by atoms with Gasteiger partial charge in [0.25, 0.3) is 0 Å². The smallest absolute Gasteiger partial charge is 0.218 e. The van der Waals surface area contributed by atoms with Crippen LogP contribution in [-0.4, -0.2) is 24.1 Å². The van der Waals surface area contributed by atoms with Crippen molar-refractivity contribution >= 4 is 5.96 Å². The minimum absolute atomic E-state index is 0.172. The summed E-state index contributed by atoms with van der Waals surface area (Å²) < 4.78 is 6.11. The highest BCUT2D eigenvalue weighted by atomic mass is 16.5. The molecule has 0 radical (unpaired) electrons. The Hall–Kier alpha value is -2.56. The first-order valence-corrected chi connectivity index (χ1v) is 9.39. The zero-order valence-corrected chi connectivity index (χ0v) is 15.6. The normalized spacial score (nSPS) is 16.3. The van der Waals surface area contributed by atoms with Crippen LogP contribution in [0.15, 0.2) is 53.7 Å². The fraction of sp³-hybridized carbons (Fsp3) is 0.429. The van der Waals surface area contributed by atoms with E-state index >= 15 is 0 Å². The number of pyridine rings is 1. The molecule has 1 heterocycles.